The zero-order valence-electron chi connectivity index (χ0n) is 12.6. The molecule has 0 fully saturated rings. The second-order valence-corrected chi connectivity index (χ2v) is 5.88. The molecule has 0 radical (unpaired) electrons. The first-order chi connectivity index (χ1) is 11.7. The molecule has 0 unspecified atom stereocenters. The summed E-state index contributed by atoms with van der Waals surface area (Å²) in [5, 5.41) is 9.91. The molecule has 2 aromatic rings. The van der Waals surface area contributed by atoms with E-state index in [1.54, 1.807) is 0 Å². The monoisotopic (exact) mass is 335 g/mol. The summed E-state index contributed by atoms with van der Waals surface area (Å²) in [4.78, 5) is 8.61. The molecular weight excluding hydrogens is 322 g/mol. The molecule has 1 aromatic heterocycles. The third kappa shape index (κ3) is 2.73. The minimum Gasteiger partial charge on any atom is -0.422 e. The second kappa shape index (κ2) is 6.53. The minimum atomic E-state index is -0.466. The van der Waals surface area contributed by atoms with Gasteiger partial charge >= 0.3 is 0 Å². The van der Waals surface area contributed by atoms with Crippen LogP contribution in [0.1, 0.15) is 17.0 Å². The van der Waals surface area contributed by atoms with Gasteiger partial charge in [-0.25, -0.2) is 4.98 Å². The highest BCUT2D eigenvalue weighted by atomic mass is 32.2. The van der Waals surface area contributed by atoms with E-state index in [-0.39, 0.29) is 23.2 Å². The number of fused-ring (bicyclic) bond motifs is 1. The van der Waals surface area contributed by atoms with E-state index in [0.717, 1.165) is 5.56 Å². The molecule has 4 N–H and O–H groups in total. The van der Waals surface area contributed by atoms with Gasteiger partial charge < -0.3 is 16.2 Å². The van der Waals surface area contributed by atoms with Crippen LogP contribution in [0.15, 0.2) is 46.9 Å². The molecule has 3 rings (SSSR count). The van der Waals surface area contributed by atoms with Crippen LogP contribution in [-0.4, -0.2) is 15.7 Å². The van der Waals surface area contributed by atoms with Gasteiger partial charge in [0.1, 0.15) is 17.5 Å². The number of aromatic nitrogens is 2. The van der Waals surface area contributed by atoms with E-state index in [1.807, 2.05) is 30.3 Å². The Morgan fingerprint density at radius 3 is 2.67 bits per heavy atom. The molecule has 7 heteroatoms. The predicted molar refractivity (Wildman–Crippen MR) is 91.7 cm³/mol. The molecule has 1 aliphatic rings. The van der Waals surface area contributed by atoms with Gasteiger partial charge in [-0.1, -0.05) is 48.0 Å². The van der Waals surface area contributed by atoms with Crippen LogP contribution < -0.4 is 16.2 Å². The van der Waals surface area contributed by atoms with Crippen molar-refractivity contribution in [2.24, 2.45) is 5.73 Å². The van der Waals surface area contributed by atoms with Crippen LogP contribution in [-0.2, 0) is 0 Å². The molecule has 6 nitrogen and oxygen atoms in total. The normalized spacial score (nSPS) is 15.8. The fourth-order valence-electron chi connectivity index (χ4n) is 2.51. The fraction of sp³-hybridized carbons (Fsp3) is 0.118. The maximum absolute atomic E-state index is 9.50. The number of hydrogen-bond donors (Lipinski definition) is 2. The number of hydrogen-bond acceptors (Lipinski definition) is 7. The number of terminal acetylenes is 1. The van der Waals surface area contributed by atoms with Crippen molar-refractivity contribution < 1.29 is 4.74 Å². The van der Waals surface area contributed by atoms with Gasteiger partial charge in [-0.15, -0.1) is 6.42 Å². The summed E-state index contributed by atoms with van der Waals surface area (Å²) in [5.41, 5.74) is 13.7. The fourth-order valence-corrected chi connectivity index (χ4v) is 3.03. The zero-order valence-corrected chi connectivity index (χ0v) is 13.4. The van der Waals surface area contributed by atoms with Gasteiger partial charge in [0.05, 0.1) is 17.2 Å². The summed E-state index contributed by atoms with van der Waals surface area (Å²) in [6.45, 7) is 0. The first kappa shape index (κ1) is 15.7. The summed E-state index contributed by atoms with van der Waals surface area (Å²) in [5.74, 6) is 2.96. The highest BCUT2D eigenvalue weighted by Gasteiger charge is 2.34. The quantitative estimate of drug-likeness (QED) is 0.501. The number of allylic oxidation sites excluding steroid dienone is 1. The second-order valence-electron chi connectivity index (χ2n) is 4.94. The number of nitrogens with zero attached hydrogens (tertiary/aromatic N) is 3. The average Bonchev–Trinajstić information content (AvgIpc) is 2.59. The first-order valence-corrected chi connectivity index (χ1v) is 8.00. The summed E-state index contributed by atoms with van der Waals surface area (Å²) in [7, 11) is 0. The van der Waals surface area contributed by atoms with E-state index in [0.29, 0.717) is 16.5 Å². The van der Waals surface area contributed by atoms with E-state index < -0.39 is 5.92 Å². The molecule has 0 spiro atoms. The number of nitriles is 1. The number of nitrogen functional groups attached to an aromatic ring is 1. The zero-order chi connectivity index (χ0) is 17.1. The molecule has 1 aliphatic heterocycles. The molecule has 2 heterocycles. The SMILES string of the molecule is C#CCSc1nc(N)c2c(n1)OC(N)=C(C#N)[C@@H]2c1ccccc1. The van der Waals surface area contributed by atoms with Crippen molar-refractivity contribution in [1.29, 1.82) is 5.26 Å². The maximum Gasteiger partial charge on any atom is 0.231 e. The molecule has 118 valence electrons. The molecule has 1 atom stereocenters. The Labute approximate surface area is 143 Å². The van der Waals surface area contributed by atoms with Gasteiger partial charge in [0.15, 0.2) is 5.16 Å². The third-order valence-corrected chi connectivity index (χ3v) is 4.26. The molecule has 0 amide bonds. The Morgan fingerprint density at radius 2 is 2.00 bits per heavy atom. The van der Waals surface area contributed by atoms with Crippen LogP contribution in [0.3, 0.4) is 0 Å². The van der Waals surface area contributed by atoms with Crippen molar-refractivity contribution in [2.75, 3.05) is 11.5 Å². The van der Waals surface area contributed by atoms with E-state index >= 15 is 0 Å². The smallest absolute Gasteiger partial charge is 0.231 e. The summed E-state index contributed by atoms with van der Waals surface area (Å²) >= 11 is 1.27. The molecule has 0 aliphatic carbocycles. The lowest BCUT2D eigenvalue weighted by atomic mass is 9.85. The molecule has 0 saturated heterocycles. The lowest BCUT2D eigenvalue weighted by Crippen LogP contribution is -2.23. The van der Waals surface area contributed by atoms with Gasteiger partial charge in [-0.3, -0.25) is 0 Å². The standard InChI is InChI=1S/C17H13N5OS/c1-2-8-24-17-21-14(19)13-12(10-6-4-3-5-7-10)11(9-18)15(20)23-16(13)22-17/h1,3-7,12H,8,20H2,(H2,19,21,22)/t12-/m0/s1. The summed E-state index contributed by atoms with van der Waals surface area (Å²) in [6.07, 6.45) is 5.26. The van der Waals surface area contributed by atoms with Crippen LogP contribution in [0.25, 0.3) is 0 Å². The number of thioether (sulfide) groups is 1. The lowest BCUT2D eigenvalue weighted by Gasteiger charge is -2.26. The van der Waals surface area contributed by atoms with Gasteiger partial charge in [0.2, 0.25) is 11.8 Å². The topological polar surface area (TPSA) is 111 Å². The van der Waals surface area contributed by atoms with Crippen LogP contribution in [0.2, 0.25) is 0 Å². The Bertz CT molecular complexity index is 896. The van der Waals surface area contributed by atoms with E-state index in [2.05, 4.69) is 22.0 Å². The van der Waals surface area contributed by atoms with Crippen molar-refractivity contribution in [2.45, 2.75) is 11.1 Å². The molecule has 0 bridgehead atoms. The Balaban J connectivity index is 2.17. The van der Waals surface area contributed by atoms with Crippen LogP contribution in [0.5, 0.6) is 5.88 Å². The molecule has 1 aromatic carbocycles. The Kier molecular flexibility index (Phi) is 4.28. The minimum absolute atomic E-state index is 0.0184. The van der Waals surface area contributed by atoms with Gasteiger partial charge in [0.25, 0.3) is 0 Å². The average molecular weight is 335 g/mol. The Hall–Kier alpha value is -3.16. The third-order valence-electron chi connectivity index (χ3n) is 3.51. The summed E-state index contributed by atoms with van der Waals surface area (Å²) in [6, 6.07) is 11.5. The van der Waals surface area contributed by atoms with Crippen LogP contribution in [0, 0.1) is 23.7 Å². The van der Waals surface area contributed by atoms with Crippen molar-refractivity contribution >= 4 is 17.6 Å². The number of nitrogens with two attached hydrogens (primary N) is 2. The highest BCUT2D eigenvalue weighted by molar-refractivity contribution is 7.99. The van der Waals surface area contributed by atoms with Gasteiger partial charge in [0, 0.05) is 0 Å². The van der Waals surface area contributed by atoms with Crippen molar-refractivity contribution in [3.63, 3.8) is 0 Å². The van der Waals surface area contributed by atoms with Gasteiger partial charge in [-0.2, -0.15) is 10.2 Å². The van der Waals surface area contributed by atoms with Crippen molar-refractivity contribution in [3.8, 4) is 24.3 Å². The van der Waals surface area contributed by atoms with Crippen LogP contribution in [0.4, 0.5) is 5.82 Å². The maximum atomic E-state index is 9.50. The van der Waals surface area contributed by atoms with Crippen molar-refractivity contribution in [3.05, 3.63) is 52.9 Å². The summed E-state index contributed by atoms with van der Waals surface area (Å²) < 4.78 is 5.53. The number of anilines is 1. The van der Waals surface area contributed by atoms with Crippen molar-refractivity contribution in [1.82, 2.24) is 9.97 Å². The Morgan fingerprint density at radius 1 is 1.25 bits per heavy atom. The molecule has 24 heavy (non-hydrogen) atoms. The largest absolute Gasteiger partial charge is 0.422 e. The van der Waals surface area contributed by atoms with Gasteiger partial charge in [-0.05, 0) is 5.56 Å². The van der Waals surface area contributed by atoms with E-state index in [1.165, 1.54) is 11.8 Å². The highest BCUT2D eigenvalue weighted by Crippen LogP contribution is 2.43. The lowest BCUT2D eigenvalue weighted by molar-refractivity contribution is 0.373. The number of ether oxygens (including phenoxy) is 1. The first-order valence-electron chi connectivity index (χ1n) is 7.02. The number of rotatable bonds is 3. The van der Waals surface area contributed by atoms with E-state index in [4.69, 9.17) is 22.6 Å². The molecule has 0 saturated carbocycles. The molecular formula is C17H13N5OS. The number of benzene rings is 1. The predicted octanol–water partition coefficient (Wildman–Crippen LogP) is 2.00. The van der Waals surface area contributed by atoms with E-state index in [9.17, 15) is 5.26 Å². The van der Waals surface area contributed by atoms with Crippen LogP contribution >= 0.6 is 11.8 Å².